The first-order chi connectivity index (χ1) is 63.0. The fourth-order valence-corrected chi connectivity index (χ4v) is 14.7. The lowest BCUT2D eigenvalue weighted by molar-refractivity contribution is -0.114. The Bertz CT molecular complexity index is 7890. The van der Waals surface area contributed by atoms with Crippen LogP contribution >= 0.6 is 0 Å². The number of ether oxygens (including phenoxy) is 3. The number of nitrogens with zero attached hydrogens (tertiary/aromatic N) is 6. The van der Waals surface area contributed by atoms with Crippen LogP contribution in [0.1, 0.15) is 74.6 Å². The van der Waals surface area contributed by atoms with Crippen LogP contribution in [0, 0.1) is 30.2 Å². The molecule has 0 radical (unpaired) electrons. The third-order valence-corrected chi connectivity index (χ3v) is 20.7. The molecule has 654 valence electrons. The largest absolute Gasteiger partial charge is 0.507 e. The van der Waals surface area contributed by atoms with Gasteiger partial charge in [0.2, 0.25) is 5.91 Å². The van der Waals surface area contributed by atoms with Crippen molar-refractivity contribution in [1.82, 2.24) is 61.2 Å². The number of hydrogen-bond donors (Lipinski definition) is 14. The van der Waals surface area contributed by atoms with Crippen LogP contribution in [-0.4, -0.2) is 160 Å². The number of carboxylic acids is 6. The smallest absolute Gasteiger partial charge is 0.339 e. The van der Waals surface area contributed by atoms with Crippen molar-refractivity contribution in [2.24, 2.45) is 0 Å². The Balaban J connectivity index is 0.000000121. The quantitative estimate of drug-likeness (QED) is 0.0400. The molecule has 13 aromatic carbocycles. The number of anilines is 1. The molecule has 31 nitrogen and oxygen atoms in total. The van der Waals surface area contributed by atoms with Gasteiger partial charge in [-0.25, -0.2) is 46.3 Å². The number of amides is 1. The predicted octanol–water partition coefficient (Wildman–Crippen LogP) is 20.0. The number of carbonyl (C=O) groups is 7. The summed E-state index contributed by atoms with van der Waals surface area (Å²) in [5.74, 6) is -7.31. The normalized spacial score (nSPS) is 10.9. The lowest BCUT2D eigenvalue weighted by Crippen LogP contribution is -2.10. The summed E-state index contributed by atoms with van der Waals surface area (Å²) in [5, 5.41) is 116. The number of aromatic nitrogens is 12. The number of aromatic amines is 6. The van der Waals surface area contributed by atoms with Crippen LogP contribution in [0.4, 0.5) is 23.2 Å². The number of para-hydroxylation sites is 1. The summed E-state index contributed by atoms with van der Waals surface area (Å²) in [7, 11) is 4.36. The van der Waals surface area contributed by atoms with Crippen molar-refractivity contribution < 1.29 is 105 Å². The highest BCUT2D eigenvalue weighted by molar-refractivity contribution is 6.10. The molecule has 35 heteroatoms. The van der Waals surface area contributed by atoms with Crippen molar-refractivity contribution in [1.29, 1.82) is 0 Å². The highest BCUT2D eigenvalue weighted by Crippen LogP contribution is 2.42. The van der Waals surface area contributed by atoms with Crippen LogP contribution in [0.15, 0.2) is 247 Å². The van der Waals surface area contributed by atoms with Crippen molar-refractivity contribution in [3.05, 3.63) is 305 Å². The second kappa shape index (κ2) is 37.2. The summed E-state index contributed by atoms with van der Waals surface area (Å²) >= 11 is 0. The maximum atomic E-state index is 13.4. The summed E-state index contributed by atoms with van der Waals surface area (Å²) in [4.78, 5) is 78.9. The lowest BCUT2D eigenvalue weighted by atomic mass is 10.0. The minimum atomic E-state index is -1.24. The van der Waals surface area contributed by atoms with E-state index in [9.17, 15) is 71.5 Å². The number of nitrogens with one attached hydrogen (secondary N) is 7. The average Bonchev–Trinajstić information content (AvgIpc) is 1.62. The van der Waals surface area contributed by atoms with Gasteiger partial charge < -0.3 is 59.7 Å². The molecule has 20 rings (SSSR count). The molecule has 0 bridgehead atoms. The highest BCUT2D eigenvalue weighted by Gasteiger charge is 2.26. The number of hydrogen-bond acceptors (Lipinski definition) is 18. The number of halogens is 4. The van der Waals surface area contributed by atoms with E-state index in [1.165, 1.54) is 125 Å². The third kappa shape index (κ3) is 18.3. The molecule has 0 spiro atoms. The van der Waals surface area contributed by atoms with Crippen LogP contribution in [0.2, 0.25) is 0 Å². The Hall–Kier alpha value is -18.3. The molecule has 0 saturated carbocycles. The van der Waals surface area contributed by atoms with E-state index in [0.29, 0.717) is 133 Å². The Labute approximate surface area is 733 Å². The number of fused-ring (bicyclic) bond motifs is 8. The number of aryl methyl sites for hydroxylation is 1. The molecule has 0 atom stereocenters. The molecule has 0 aliphatic heterocycles. The van der Waals surface area contributed by atoms with E-state index < -0.39 is 47.5 Å². The molecule has 0 aliphatic carbocycles. The maximum Gasteiger partial charge on any atom is 0.339 e. The second-order valence-corrected chi connectivity index (χ2v) is 29.0. The molecular formula is C96H69F4N13O18. The standard InChI is InChI=1S/C19H14N2O3.C17H12N2O4.C16H12FN3O3.C15H11FN2O3.C15H11FN2O2.C14H9FN2O3/c1-24-18-14(19(22)23)8-9-15-16(18)17(21-20-15)13-7-6-11-4-2-3-5-12(11)10-13;1-22-16-10(17(20)21)6-7-11-14(16)15(19-18-11)13-8-9-4-2-3-5-12(9)23-13;1-8(21)18-13-7-14-11(6-12(13)16(22)23)15(20-19-14)9-3-2-4-10(17)5-9;1-21-12-7-9(15(19)20)6-11-13(17-18-14(11)12)8-3-2-4-10(16)5-8;1-8-5-10(15(19)20)7-12-13(8)17-18-14(12)9-3-2-4-11(16)6-9;15-8-3-1-2-7(4-8)13-9-5-10(14(19)20)12(18)6-11(9)16-17-13/h2-10H,1H3,(H,20,21)(H,22,23);2-8H,1H3,(H,18,19)(H,20,21);2-7H,1H3,(H,18,21)(H,19,20)(H,22,23);2-7H,1H3,(H,17,18)(H,19,20);2-7H,1H3,(H,17,18)(H,19,20);1-6,18H,(H,16,17)(H,19,20). The number of methoxy groups -OCH3 is 3. The molecule has 0 aliphatic rings. The zero-order chi connectivity index (χ0) is 92.7. The van der Waals surface area contributed by atoms with Crippen molar-refractivity contribution >= 4 is 135 Å². The van der Waals surface area contributed by atoms with Gasteiger partial charge in [0.1, 0.15) is 96.8 Å². The fourth-order valence-electron chi connectivity index (χ4n) is 14.7. The van der Waals surface area contributed by atoms with E-state index in [1.54, 1.807) is 79.7 Å². The number of phenols is 1. The lowest BCUT2D eigenvalue weighted by Gasteiger charge is -2.08. The Morgan fingerprint density at radius 3 is 1.37 bits per heavy atom. The molecule has 0 fully saturated rings. The molecule has 7 aromatic heterocycles. The van der Waals surface area contributed by atoms with Gasteiger partial charge in [0.15, 0.2) is 5.76 Å². The van der Waals surface area contributed by atoms with Gasteiger partial charge in [0.05, 0.1) is 93.5 Å². The number of H-pyrrole nitrogens is 6. The van der Waals surface area contributed by atoms with Crippen LogP contribution < -0.4 is 19.5 Å². The van der Waals surface area contributed by atoms with E-state index in [1.807, 2.05) is 66.7 Å². The Morgan fingerprint density at radius 1 is 0.374 bits per heavy atom. The molecule has 14 N–H and O–H groups in total. The maximum absolute atomic E-state index is 13.4. The average molecular weight is 1770 g/mol. The van der Waals surface area contributed by atoms with Gasteiger partial charge >= 0.3 is 35.8 Å². The number of carboxylic acid groups (broad SMARTS) is 6. The van der Waals surface area contributed by atoms with Crippen LogP contribution in [0.25, 0.3) is 155 Å². The van der Waals surface area contributed by atoms with Crippen molar-refractivity contribution in [3.8, 4) is 90.7 Å². The number of benzene rings is 13. The third-order valence-electron chi connectivity index (χ3n) is 20.7. The molecule has 7 heterocycles. The minimum absolute atomic E-state index is 0.0632. The van der Waals surface area contributed by atoms with Crippen molar-refractivity contribution in [2.75, 3.05) is 26.6 Å². The summed E-state index contributed by atoms with van der Waals surface area (Å²) in [5.41, 5.74) is 11.9. The molecule has 0 saturated heterocycles. The first-order valence-electron chi connectivity index (χ1n) is 39.1. The van der Waals surface area contributed by atoms with E-state index in [4.69, 9.17) is 33.9 Å². The van der Waals surface area contributed by atoms with Crippen LogP contribution in [0.3, 0.4) is 0 Å². The number of rotatable bonds is 16. The van der Waals surface area contributed by atoms with Gasteiger partial charge in [-0.2, -0.15) is 30.6 Å². The molecular weight excluding hydrogens is 1700 g/mol. The van der Waals surface area contributed by atoms with E-state index in [0.717, 1.165) is 38.6 Å². The first kappa shape index (κ1) is 87.6. The summed E-state index contributed by atoms with van der Waals surface area (Å²) in [6.07, 6.45) is 0. The van der Waals surface area contributed by atoms with Crippen LogP contribution in [0.5, 0.6) is 23.0 Å². The van der Waals surface area contributed by atoms with Crippen molar-refractivity contribution in [2.45, 2.75) is 13.8 Å². The van der Waals surface area contributed by atoms with Gasteiger partial charge in [-0.1, -0.05) is 103 Å². The number of carbonyl (C=O) groups excluding carboxylic acids is 1. The zero-order valence-electron chi connectivity index (χ0n) is 68.9. The topological polar surface area (TPSA) is 486 Å². The monoisotopic (exact) mass is 1770 g/mol. The van der Waals surface area contributed by atoms with Gasteiger partial charge in [-0.3, -0.25) is 35.4 Å². The van der Waals surface area contributed by atoms with Gasteiger partial charge in [-0.05, 0) is 157 Å². The fraction of sp³-hybridized carbons (Fsp3) is 0.0521. The number of furan rings is 1. The van der Waals surface area contributed by atoms with E-state index in [-0.39, 0.29) is 68.1 Å². The Kier molecular flexibility index (Phi) is 24.9. The Morgan fingerprint density at radius 2 is 0.840 bits per heavy atom. The van der Waals surface area contributed by atoms with Crippen LogP contribution in [-0.2, 0) is 4.79 Å². The molecule has 1 amide bonds. The summed E-state index contributed by atoms with van der Waals surface area (Å²) < 4.78 is 75.1. The first-order valence-corrected chi connectivity index (χ1v) is 39.1. The SMILES string of the molecule is CC(=O)Nc1cc2[nH]nc(-c3cccc(F)c3)c2cc1C(=O)O.COc1c(C(=O)O)ccc2n[nH]c(-c3cc4ccccc4o3)c12.COc1c(C(=O)O)ccc2n[nH]c(-c3ccc4ccccc4c3)c12.COc1cc(C(=O)O)cc2c(-c3cccc(F)c3)n[nH]c12.Cc1cc(C(=O)O)cc2c(-c3cccc(F)c3)[nH]nc12.O=C(O)c1cc2c(-c3cccc(F)c3)n[nH]c2cc1O. The number of aromatic hydroxyl groups is 1. The van der Waals surface area contributed by atoms with Gasteiger partial charge in [0.25, 0.3) is 0 Å². The minimum Gasteiger partial charge on any atom is -0.507 e. The zero-order valence-corrected chi connectivity index (χ0v) is 68.9. The molecule has 0 unspecified atom stereocenters. The predicted molar refractivity (Wildman–Crippen MR) is 478 cm³/mol. The summed E-state index contributed by atoms with van der Waals surface area (Å²) in [6.45, 7) is 3.09. The van der Waals surface area contributed by atoms with Crippen molar-refractivity contribution in [3.63, 3.8) is 0 Å². The molecule has 20 aromatic rings. The van der Waals surface area contributed by atoms with Gasteiger partial charge in [-0.15, -0.1) is 0 Å². The number of aromatic carboxylic acids is 6. The molecule has 131 heavy (non-hydrogen) atoms. The highest BCUT2D eigenvalue weighted by atomic mass is 19.1. The summed E-state index contributed by atoms with van der Waals surface area (Å²) in [6, 6.07) is 65.3. The van der Waals surface area contributed by atoms with E-state index in [2.05, 4.69) is 72.6 Å². The second-order valence-electron chi connectivity index (χ2n) is 29.0. The van der Waals surface area contributed by atoms with E-state index >= 15 is 0 Å². The van der Waals surface area contributed by atoms with Gasteiger partial charge in [0, 0.05) is 67.7 Å².